The number of benzene rings is 2. The van der Waals surface area contributed by atoms with E-state index in [1.54, 1.807) is 25.3 Å². The molecule has 1 N–H and O–H groups in total. The molecule has 0 bridgehead atoms. The van der Waals surface area contributed by atoms with Crippen molar-refractivity contribution >= 4 is 12.1 Å². The number of halogens is 1. The Morgan fingerprint density at radius 2 is 2.00 bits per heavy atom. The molecule has 1 amide bonds. The Morgan fingerprint density at radius 3 is 2.71 bits per heavy atom. The number of hydrogen-bond donors (Lipinski definition) is 1. The first-order chi connectivity index (χ1) is 13.6. The normalized spacial score (nSPS) is 10.8. The number of nitrogens with one attached hydrogen (secondary N) is 1. The van der Waals surface area contributed by atoms with Crippen LogP contribution in [0.5, 0.6) is 11.5 Å². The minimum absolute atomic E-state index is 0.175. The van der Waals surface area contributed by atoms with Crippen molar-refractivity contribution in [2.45, 2.75) is 6.54 Å². The molecule has 0 saturated carbocycles. The maximum Gasteiger partial charge on any atom is 0.263 e. The van der Waals surface area contributed by atoms with Crippen molar-refractivity contribution in [1.82, 2.24) is 25.6 Å². The standard InChI is InChI=1S/C18H17FN6O3/c1-27-15-8-5-13(16(9-15)28-2)10-20-21-17(26)11-25-23-18(22-24-25)12-3-6-14(19)7-4-12/h3-10H,11H2,1-2H3,(H,21,26)/b20-10-. The average molecular weight is 384 g/mol. The van der Waals surface area contributed by atoms with Gasteiger partial charge in [0.05, 0.1) is 20.4 Å². The lowest BCUT2D eigenvalue weighted by molar-refractivity contribution is -0.122. The second-order valence-corrected chi connectivity index (χ2v) is 5.55. The number of tetrazole rings is 1. The number of ether oxygens (including phenoxy) is 2. The predicted molar refractivity (Wildman–Crippen MR) is 98.5 cm³/mol. The molecule has 1 heterocycles. The van der Waals surface area contributed by atoms with E-state index in [1.807, 2.05) is 0 Å². The molecule has 0 aliphatic rings. The summed E-state index contributed by atoms with van der Waals surface area (Å²) >= 11 is 0. The molecule has 3 aromatic rings. The summed E-state index contributed by atoms with van der Waals surface area (Å²) in [6.07, 6.45) is 1.45. The summed E-state index contributed by atoms with van der Waals surface area (Å²) < 4.78 is 23.3. The SMILES string of the molecule is COc1ccc(/C=N\NC(=O)Cn2nnc(-c3ccc(F)cc3)n2)c(OC)c1. The molecule has 28 heavy (non-hydrogen) atoms. The molecule has 0 saturated heterocycles. The molecule has 0 fully saturated rings. The van der Waals surface area contributed by atoms with Crippen molar-refractivity contribution < 1.29 is 18.7 Å². The van der Waals surface area contributed by atoms with Crippen LogP contribution in [0, 0.1) is 5.82 Å². The van der Waals surface area contributed by atoms with Gasteiger partial charge in [0.25, 0.3) is 5.91 Å². The third-order valence-corrected chi connectivity index (χ3v) is 3.67. The fourth-order valence-electron chi connectivity index (χ4n) is 2.29. The topological polar surface area (TPSA) is 104 Å². The van der Waals surface area contributed by atoms with Gasteiger partial charge in [0.15, 0.2) is 0 Å². The van der Waals surface area contributed by atoms with E-state index in [0.717, 1.165) is 4.80 Å². The van der Waals surface area contributed by atoms with Gasteiger partial charge in [0, 0.05) is 17.2 Å². The second-order valence-electron chi connectivity index (χ2n) is 5.55. The maximum absolute atomic E-state index is 13.0. The highest BCUT2D eigenvalue weighted by Gasteiger charge is 2.09. The number of carbonyl (C=O) groups is 1. The summed E-state index contributed by atoms with van der Waals surface area (Å²) in [5.41, 5.74) is 3.64. The third kappa shape index (κ3) is 4.67. The van der Waals surface area contributed by atoms with Gasteiger partial charge in [-0.2, -0.15) is 9.90 Å². The Balaban J connectivity index is 1.59. The monoisotopic (exact) mass is 384 g/mol. The van der Waals surface area contributed by atoms with Crippen LogP contribution in [0.2, 0.25) is 0 Å². The maximum atomic E-state index is 13.0. The van der Waals surface area contributed by atoms with E-state index in [2.05, 4.69) is 25.9 Å². The number of methoxy groups -OCH3 is 2. The first-order valence-electron chi connectivity index (χ1n) is 8.16. The van der Waals surface area contributed by atoms with Gasteiger partial charge in [-0.25, -0.2) is 9.82 Å². The number of rotatable bonds is 7. The number of aromatic nitrogens is 4. The first kappa shape index (κ1) is 19.0. The van der Waals surface area contributed by atoms with Crippen LogP contribution in [0.1, 0.15) is 5.56 Å². The number of nitrogens with zero attached hydrogens (tertiary/aromatic N) is 5. The molecule has 9 nitrogen and oxygen atoms in total. The third-order valence-electron chi connectivity index (χ3n) is 3.67. The van der Waals surface area contributed by atoms with Gasteiger partial charge in [0.2, 0.25) is 5.82 Å². The predicted octanol–water partition coefficient (Wildman–Crippen LogP) is 1.65. The van der Waals surface area contributed by atoms with Crippen molar-refractivity contribution in [3.8, 4) is 22.9 Å². The van der Waals surface area contributed by atoms with Crippen LogP contribution < -0.4 is 14.9 Å². The largest absolute Gasteiger partial charge is 0.497 e. The molecule has 2 aromatic carbocycles. The van der Waals surface area contributed by atoms with Crippen molar-refractivity contribution in [2.75, 3.05) is 14.2 Å². The Morgan fingerprint density at radius 1 is 1.21 bits per heavy atom. The molecule has 0 spiro atoms. The zero-order valence-corrected chi connectivity index (χ0v) is 15.2. The molecule has 3 rings (SSSR count). The summed E-state index contributed by atoms with van der Waals surface area (Å²) in [7, 11) is 3.09. The number of amides is 1. The van der Waals surface area contributed by atoms with Crippen molar-refractivity contribution in [1.29, 1.82) is 0 Å². The van der Waals surface area contributed by atoms with Crippen LogP contribution in [0.25, 0.3) is 11.4 Å². The number of hydrazone groups is 1. The fraction of sp³-hybridized carbons (Fsp3) is 0.167. The van der Waals surface area contributed by atoms with E-state index in [1.165, 1.54) is 37.6 Å². The van der Waals surface area contributed by atoms with Crippen LogP contribution in [0.4, 0.5) is 4.39 Å². The minimum atomic E-state index is -0.438. The molecular weight excluding hydrogens is 367 g/mol. The zero-order chi connectivity index (χ0) is 19.9. The molecule has 0 aliphatic carbocycles. The highest BCUT2D eigenvalue weighted by Crippen LogP contribution is 2.23. The van der Waals surface area contributed by atoms with Gasteiger partial charge in [-0.3, -0.25) is 4.79 Å². The van der Waals surface area contributed by atoms with Gasteiger partial charge in [-0.15, -0.1) is 10.2 Å². The Bertz CT molecular complexity index is 987. The smallest absolute Gasteiger partial charge is 0.263 e. The zero-order valence-electron chi connectivity index (χ0n) is 15.2. The molecule has 0 radical (unpaired) electrons. The van der Waals surface area contributed by atoms with Crippen LogP contribution in [-0.2, 0) is 11.3 Å². The van der Waals surface area contributed by atoms with Gasteiger partial charge >= 0.3 is 0 Å². The van der Waals surface area contributed by atoms with Gasteiger partial charge in [0.1, 0.15) is 23.9 Å². The van der Waals surface area contributed by atoms with Crippen molar-refractivity contribution in [2.24, 2.45) is 5.10 Å². The molecule has 10 heteroatoms. The lowest BCUT2D eigenvalue weighted by Crippen LogP contribution is -2.24. The summed E-state index contributed by atoms with van der Waals surface area (Å²) in [5, 5.41) is 15.6. The molecule has 0 atom stereocenters. The van der Waals surface area contributed by atoms with E-state index in [9.17, 15) is 9.18 Å². The van der Waals surface area contributed by atoms with Gasteiger partial charge in [-0.05, 0) is 41.6 Å². The summed E-state index contributed by atoms with van der Waals surface area (Å²) in [6.45, 7) is -0.175. The molecule has 144 valence electrons. The molecule has 0 aliphatic heterocycles. The lowest BCUT2D eigenvalue weighted by Gasteiger charge is -2.06. The van der Waals surface area contributed by atoms with Gasteiger partial charge in [-0.1, -0.05) is 0 Å². The van der Waals surface area contributed by atoms with E-state index in [4.69, 9.17) is 9.47 Å². The lowest BCUT2D eigenvalue weighted by atomic mass is 10.2. The van der Waals surface area contributed by atoms with Crippen LogP contribution >= 0.6 is 0 Å². The van der Waals surface area contributed by atoms with Crippen LogP contribution in [0.15, 0.2) is 47.6 Å². The van der Waals surface area contributed by atoms with Crippen LogP contribution in [-0.4, -0.2) is 46.5 Å². The molecule has 1 aromatic heterocycles. The highest BCUT2D eigenvalue weighted by molar-refractivity contribution is 5.85. The molecule has 0 unspecified atom stereocenters. The summed E-state index contributed by atoms with van der Waals surface area (Å²) in [5.74, 6) is 0.694. The van der Waals surface area contributed by atoms with E-state index >= 15 is 0 Å². The van der Waals surface area contributed by atoms with E-state index in [0.29, 0.717) is 28.5 Å². The van der Waals surface area contributed by atoms with E-state index < -0.39 is 5.91 Å². The van der Waals surface area contributed by atoms with E-state index in [-0.39, 0.29) is 12.4 Å². The second kappa shape index (κ2) is 8.71. The summed E-state index contributed by atoms with van der Waals surface area (Å²) in [4.78, 5) is 13.1. The number of carbonyl (C=O) groups excluding carboxylic acids is 1. The fourth-order valence-corrected chi connectivity index (χ4v) is 2.29. The highest BCUT2D eigenvalue weighted by atomic mass is 19.1. The Hall–Kier alpha value is -3.82. The van der Waals surface area contributed by atoms with Crippen molar-refractivity contribution in [3.63, 3.8) is 0 Å². The first-order valence-corrected chi connectivity index (χ1v) is 8.16. The average Bonchev–Trinajstić information content (AvgIpc) is 3.17. The Kier molecular flexibility index (Phi) is 5.90. The Labute approximate surface area is 159 Å². The molecular formula is C18H17FN6O3. The minimum Gasteiger partial charge on any atom is -0.497 e. The van der Waals surface area contributed by atoms with Gasteiger partial charge < -0.3 is 9.47 Å². The number of hydrogen-bond acceptors (Lipinski definition) is 7. The van der Waals surface area contributed by atoms with Crippen molar-refractivity contribution in [3.05, 3.63) is 53.8 Å². The quantitative estimate of drug-likeness (QED) is 0.491. The van der Waals surface area contributed by atoms with Crippen LogP contribution in [0.3, 0.4) is 0 Å². The summed E-state index contributed by atoms with van der Waals surface area (Å²) in [6, 6.07) is 10.9.